The minimum absolute atomic E-state index is 0.217. The van der Waals surface area contributed by atoms with Gasteiger partial charge in [0.15, 0.2) is 11.1 Å². The summed E-state index contributed by atoms with van der Waals surface area (Å²) in [6.07, 6.45) is 7.34. The second-order valence-corrected chi connectivity index (χ2v) is 8.73. The Kier molecular flexibility index (Phi) is 4.82. The molecular formula is C23H25N9O2. The predicted molar refractivity (Wildman–Crippen MR) is 127 cm³/mol. The van der Waals surface area contributed by atoms with E-state index in [1.807, 2.05) is 24.4 Å². The molecule has 0 aromatic carbocycles. The number of aromatic amines is 2. The topological polar surface area (TPSA) is 131 Å². The molecule has 0 bridgehead atoms. The first kappa shape index (κ1) is 20.5. The highest BCUT2D eigenvalue weighted by molar-refractivity contribution is 5.60. The fourth-order valence-electron chi connectivity index (χ4n) is 4.34. The van der Waals surface area contributed by atoms with Crippen molar-refractivity contribution in [2.45, 2.75) is 25.8 Å². The molecule has 0 spiro atoms. The lowest BCUT2D eigenvalue weighted by molar-refractivity contribution is 0.454. The summed E-state index contributed by atoms with van der Waals surface area (Å²) in [5, 5.41) is 15.2. The molecule has 0 atom stereocenters. The Balaban J connectivity index is 1.43. The first-order chi connectivity index (χ1) is 16.6. The molecule has 1 saturated carbocycles. The van der Waals surface area contributed by atoms with Crippen LogP contribution in [-0.2, 0) is 0 Å². The fourth-order valence-corrected chi connectivity index (χ4v) is 4.34. The lowest BCUT2D eigenvalue weighted by Crippen LogP contribution is -2.48. The summed E-state index contributed by atoms with van der Waals surface area (Å²) in [5.74, 6) is 1.65. The lowest BCUT2D eigenvalue weighted by Gasteiger charge is -2.36. The van der Waals surface area contributed by atoms with E-state index in [0.717, 1.165) is 61.7 Å². The number of H-pyrrole nitrogens is 2. The van der Waals surface area contributed by atoms with E-state index in [1.165, 1.54) is 0 Å². The van der Waals surface area contributed by atoms with Gasteiger partial charge in [0, 0.05) is 43.2 Å². The number of fused-ring (bicyclic) bond motifs is 1. The van der Waals surface area contributed by atoms with E-state index in [1.54, 1.807) is 16.8 Å². The van der Waals surface area contributed by atoms with Crippen molar-refractivity contribution in [2.24, 2.45) is 4.99 Å². The summed E-state index contributed by atoms with van der Waals surface area (Å²) in [6.45, 7) is 5.35. The second-order valence-electron chi connectivity index (χ2n) is 8.73. The summed E-state index contributed by atoms with van der Waals surface area (Å²) in [4.78, 5) is 35.5. The standard InChI is InChI=1S/C23H25N9O2/c1-14-19(31-10-8-30(9-11-31)18-4-2-3-7-24-18)28-21-15(12-17-22(33)29-23(34)27-17)13-25-32(21)20(14)26-16-5-6-16/h2-4,7,12-13,16,33H,5-6,8-11H2,1H3,(H2,27,29,34)/b15-12-,26-20?. The molecule has 34 heavy (non-hydrogen) atoms. The van der Waals surface area contributed by atoms with Gasteiger partial charge in [-0.25, -0.2) is 14.8 Å². The Labute approximate surface area is 194 Å². The Morgan fingerprint density at radius 2 is 1.94 bits per heavy atom. The van der Waals surface area contributed by atoms with Crippen LogP contribution in [0.15, 0.2) is 40.4 Å². The number of hydrogen-bond donors (Lipinski definition) is 3. The predicted octanol–water partition coefficient (Wildman–Crippen LogP) is 0.0921. The third-order valence-corrected chi connectivity index (χ3v) is 6.29. The lowest BCUT2D eigenvalue weighted by atomic mass is 10.2. The maximum Gasteiger partial charge on any atom is 0.326 e. The maximum absolute atomic E-state index is 11.6. The number of nitrogens with one attached hydrogen (secondary N) is 2. The average Bonchev–Trinajstić information content (AvgIpc) is 3.50. The van der Waals surface area contributed by atoms with Crippen LogP contribution in [-0.4, -0.2) is 66.9 Å². The summed E-state index contributed by atoms with van der Waals surface area (Å²) in [6, 6.07) is 6.29. The van der Waals surface area contributed by atoms with Crippen molar-refractivity contribution in [3.63, 3.8) is 0 Å². The van der Waals surface area contributed by atoms with Gasteiger partial charge in [0.2, 0.25) is 5.88 Å². The zero-order valence-corrected chi connectivity index (χ0v) is 18.8. The summed E-state index contributed by atoms with van der Waals surface area (Å²) < 4.78 is 1.76. The molecule has 174 valence electrons. The van der Waals surface area contributed by atoms with Crippen LogP contribution in [0.3, 0.4) is 0 Å². The first-order valence-electron chi connectivity index (χ1n) is 11.4. The summed E-state index contributed by atoms with van der Waals surface area (Å²) in [5.41, 5.74) is 2.25. The largest absolute Gasteiger partial charge is 0.493 e. The van der Waals surface area contributed by atoms with Crippen LogP contribution in [0.4, 0.5) is 11.6 Å². The van der Waals surface area contributed by atoms with Gasteiger partial charge in [0.25, 0.3) is 0 Å². The number of aromatic nitrogens is 6. The molecule has 4 aromatic rings. The molecule has 5 heterocycles. The molecule has 0 radical (unpaired) electrons. The summed E-state index contributed by atoms with van der Waals surface area (Å²) >= 11 is 0. The smallest absolute Gasteiger partial charge is 0.326 e. The van der Waals surface area contributed by atoms with E-state index < -0.39 is 5.69 Å². The van der Waals surface area contributed by atoms with Crippen molar-refractivity contribution in [3.8, 4) is 5.88 Å². The molecule has 1 saturated heterocycles. The highest BCUT2D eigenvalue weighted by Gasteiger charge is 2.24. The Bertz CT molecular complexity index is 1520. The first-order valence-corrected chi connectivity index (χ1v) is 11.4. The van der Waals surface area contributed by atoms with E-state index in [9.17, 15) is 9.90 Å². The minimum Gasteiger partial charge on any atom is -0.493 e. The molecule has 1 aliphatic heterocycles. The normalized spacial score (nSPS) is 17.8. The van der Waals surface area contributed by atoms with Gasteiger partial charge in [0.1, 0.15) is 17.3 Å². The number of anilines is 2. The van der Waals surface area contributed by atoms with E-state index in [0.29, 0.717) is 16.9 Å². The average molecular weight is 460 g/mol. The number of nitrogens with zero attached hydrogens (tertiary/aromatic N) is 7. The van der Waals surface area contributed by atoms with Gasteiger partial charge in [-0.05, 0) is 38.0 Å². The maximum atomic E-state index is 11.6. The number of imidazole rings is 1. The molecule has 0 amide bonds. The molecule has 2 aliphatic rings. The van der Waals surface area contributed by atoms with Gasteiger partial charge in [-0.1, -0.05) is 6.07 Å². The molecule has 2 fully saturated rings. The van der Waals surface area contributed by atoms with Gasteiger partial charge in [-0.2, -0.15) is 9.61 Å². The Morgan fingerprint density at radius 1 is 1.15 bits per heavy atom. The van der Waals surface area contributed by atoms with Crippen LogP contribution in [0.2, 0.25) is 0 Å². The second kappa shape index (κ2) is 8.01. The SMILES string of the molecule is Cc1c(N2CCN(c3ccccn3)CC2)nc2/c(=C\c3[nH]c(=O)[nH]c3O)cnn2c1=NC1CC1. The number of hydrogen-bond acceptors (Lipinski definition) is 8. The van der Waals surface area contributed by atoms with Crippen molar-refractivity contribution < 1.29 is 5.11 Å². The molecule has 6 rings (SSSR count). The third kappa shape index (κ3) is 3.68. The molecule has 0 unspecified atom stereocenters. The third-order valence-electron chi connectivity index (χ3n) is 6.29. The van der Waals surface area contributed by atoms with E-state index in [4.69, 9.17) is 9.98 Å². The Morgan fingerprint density at radius 3 is 2.62 bits per heavy atom. The molecule has 11 heteroatoms. The van der Waals surface area contributed by atoms with Crippen LogP contribution in [0.5, 0.6) is 5.88 Å². The summed E-state index contributed by atoms with van der Waals surface area (Å²) in [7, 11) is 0. The van der Waals surface area contributed by atoms with Crippen molar-refractivity contribution >= 4 is 23.4 Å². The zero-order chi connectivity index (χ0) is 23.2. The van der Waals surface area contributed by atoms with Gasteiger partial charge in [0.05, 0.1) is 12.2 Å². The number of rotatable bonds is 4. The van der Waals surface area contributed by atoms with Crippen LogP contribution in [0.25, 0.3) is 11.7 Å². The quantitative estimate of drug-likeness (QED) is 0.394. The van der Waals surface area contributed by atoms with Gasteiger partial charge in [-0.15, -0.1) is 0 Å². The van der Waals surface area contributed by atoms with Gasteiger partial charge >= 0.3 is 5.69 Å². The fraction of sp³-hybridized carbons (Fsp3) is 0.348. The number of aromatic hydroxyl groups is 1. The highest BCUT2D eigenvalue weighted by atomic mass is 16.3. The van der Waals surface area contributed by atoms with Crippen LogP contribution < -0.4 is 26.2 Å². The number of pyridine rings is 1. The minimum atomic E-state index is -0.472. The van der Waals surface area contributed by atoms with Crippen LogP contribution in [0.1, 0.15) is 24.1 Å². The van der Waals surface area contributed by atoms with Crippen molar-refractivity contribution in [1.82, 2.24) is 29.5 Å². The van der Waals surface area contributed by atoms with Crippen molar-refractivity contribution in [2.75, 3.05) is 36.0 Å². The highest BCUT2D eigenvalue weighted by Crippen LogP contribution is 2.24. The molecule has 4 aromatic heterocycles. The van der Waals surface area contributed by atoms with Crippen molar-refractivity contribution in [3.05, 3.63) is 63.0 Å². The Hall–Kier alpha value is -4.15. The van der Waals surface area contributed by atoms with E-state index in [2.05, 4.69) is 36.8 Å². The van der Waals surface area contributed by atoms with E-state index >= 15 is 0 Å². The molecular weight excluding hydrogens is 434 g/mol. The van der Waals surface area contributed by atoms with Crippen molar-refractivity contribution in [1.29, 1.82) is 0 Å². The van der Waals surface area contributed by atoms with E-state index in [-0.39, 0.29) is 11.6 Å². The molecule has 3 N–H and O–H groups in total. The number of piperazine rings is 1. The molecule has 11 nitrogen and oxygen atoms in total. The van der Waals surface area contributed by atoms with Gasteiger partial charge < -0.3 is 19.9 Å². The molecule has 1 aliphatic carbocycles. The van der Waals surface area contributed by atoms with Crippen LogP contribution in [0, 0.1) is 6.92 Å². The van der Waals surface area contributed by atoms with Gasteiger partial charge in [-0.3, -0.25) is 9.98 Å². The monoisotopic (exact) mass is 459 g/mol. The van der Waals surface area contributed by atoms with Crippen LogP contribution >= 0.6 is 0 Å². The zero-order valence-electron chi connectivity index (χ0n) is 18.8.